The molecule has 0 aromatic rings. The third kappa shape index (κ3) is 7.26. The fraction of sp³-hybridized carbons (Fsp3) is 0.923. The smallest absolute Gasteiger partial charge is 0.410 e. The van der Waals surface area contributed by atoms with Crippen molar-refractivity contribution in [3.05, 3.63) is 0 Å². The minimum Gasteiger partial charge on any atom is -0.444 e. The molecule has 5 nitrogen and oxygen atoms in total. The average molecular weight is 367 g/mol. The number of rotatable bonds is 2. The van der Waals surface area contributed by atoms with E-state index in [2.05, 4.69) is 5.32 Å². The molecule has 6 heteroatoms. The Balaban J connectivity index is 0. The van der Waals surface area contributed by atoms with Gasteiger partial charge in [0.1, 0.15) is 5.60 Å². The van der Waals surface area contributed by atoms with Gasteiger partial charge in [-0.1, -0.05) is 7.43 Å². The van der Waals surface area contributed by atoms with Gasteiger partial charge in [0.15, 0.2) is 0 Å². The first-order chi connectivity index (χ1) is 7.83. The molecular formula is C13H28N2O3Pd. The van der Waals surface area contributed by atoms with Crippen molar-refractivity contribution in [2.45, 2.75) is 52.8 Å². The molecule has 0 unspecified atom stereocenters. The van der Waals surface area contributed by atoms with Crippen molar-refractivity contribution in [3.63, 3.8) is 0 Å². The summed E-state index contributed by atoms with van der Waals surface area (Å²) in [6.45, 7) is 9.66. The molecule has 1 amide bonds. The van der Waals surface area contributed by atoms with Crippen LogP contribution in [0.4, 0.5) is 4.79 Å². The number of nitrogens with zero attached hydrogens (tertiary/aromatic N) is 1. The summed E-state index contributed by atoms with van der Waals surface area (Å²) in [5.74, 6) is 0. The summed E-state index contributed by atoms with van der Waals surface area (Å²) in [5.41, 5.74) is -0.446. The fourth-order valence-corrected chi connectivity index (χ4v) is 1.82. The van der Waals surface area contributed by atoms with Gasteiger partial charge in [-0.25, -0.2) is 4.79 Å². The number of methoxy groups -OCH3 is 1. The van der Waals surface area contributed by atoms with Crippen LogP contribution in [0, 0.1) is 0 Å². The molecule has 0 radical (unpaired) electrons. The van der Waals surface area contributed by atoms with Crippen molar-refractivity contribution in [3.8, 4) is 0 Å². The molecule has 1 fully saturated rings. The van der Waals surface area contributed by atoms with E-state index in [1.807, 2.05) is 27.7 Å². The molecule has 0 aromatic heterocycles. The quantitative estimate of drug-likeness (QED) is 0.758. The van der Waals surface area contributed by atoms with Gasteiger partial charge in [-0.3, -0.25) is 0 Å². The second kappa shape index (κ2) is 8.91. The molecule has 1 rings (SSSR count). The first-order valence-electron chi connectivity index (χ1n) is 6.05. The number of piperazine rings is 1. The van der Waals surface area contributed by atoms with E-state index in [9.17, 15) is 4.79 Å². The van der Waals surface area contributed by atoms with E-state index in [4.69, 9.17) is 9.47 Å². The Morgan fingerprint density at radius 3 is 2.47 bits per heavy atom. The van der Waals surface area contributed by atoms with Gasteiger partial charge in [0, 0.05) is 52.7 Å². The molecule has 0 aromatic carbocycles. The number of hydrogen-bond acceptors (Lipinski definition) is 4. The monoisotopic (exact) mass is 366 g/mol. The Labute approximate surface area is 131 Å². The maximum absolute atomic E-state index is 12.0. The van der Waals surface area contributed by atoms with Crippen LogP contribution in [0.3, 0.4) is 0 Å². The number of amides is 1. The van der Waals surface area contributed by atoms with Crippen LogP contribution in [0.25, 0.3) is 0 Å². The molecule has 1 saturated heterocycles. The van der Waals surface area contributed by atoms with Gasteiger partial charge in [0.05, 0.1) is 6.61 Å². The largest absolute Gasteiger partial charge is 0.444 e. The van der Waals surface area contributed by atoms with Crippen LogP contribution in [0.15, 0.2) is 0 Å². The number of ether oxygens (including phenoxy) is 2. The van der Waals surface area contributed by atoms with Crippen LogP contribution in [0.5, 0.6) is 0 Å². The summed E-state index contributed by atoms with van der Waals surface area (Å²) in [4.78, 5) is 13.8. The van der Waals surface area contributed by atoms with E-state index in [0.717, 1.165) is 6.54 Å². The van der Waals surface area contributed by atoms with Gasteiger partial charge >= 0.3 is 6.09 Å². The van der Waals surface area contributed by atoms with Crippen molar-refractivity contribution >= 4 is 6.09 Å². The number of nitrogens with one attached hydrogen (secondary N) is 1. The average Bonchev–Trinajstić information content (AvgIpc) is 2.18. The topological polar surface area (TPSA) is 50.8 Å². The predicted molar refractivity (Wildman–Crippen MR) is 72.8 cm³/mol. The Kier molecular flexibility index (Phi) is 9.92. The van der Waals surface area contributed by atoms with E-state index in [1.54, 1.807) is 12.0 Å². The maximum Gasteiger partial charge on any atom is 0.410 e. The third-order valence-electron chi connectivity index (χ3n) is 2.65. The molecule has 1 N–H and O–H groups in total. The molecule has 0 saturated carbocycles. The van der Waals surface area contributed by atoms with Gasteiger partial charge in [0.25, 0.3) is 0 Å². The van der Waals surface area contributed by atoms with Crippen LogP contribution in [-0.2, 0) is 29.9 Å². The van der Waals surface area contributed by atoms with Gasteiger partial charge < -0.3 is 19.7 Å². The zero-order valence-corrected chi connectivity index (χ0v) is 13.3. The Hall–Kier alpha value is -0.148. The van der Waals surface area contributed by atoms with E-state index in [-0.39, 0.29) is 46.0 Å². The number of carbonyl (C=O) groups excluding carboxylic acids is 1. The minimum atomic E-state index is -0.446. The minimum absolute atomic E-state index is 0. The normalized spacial score (nSPS) is 23.1. The first-order valence-corrected chi connectivity index (χ1v) is 6.05. The molecule has 1 heterocycles. The summed E-state index contributed by atoms with van der Waals surface area (Å²) in [7, 11) is 1.66. The summed E-state index contributed by atoms with van der Waals surface area (Å²) < 4.78 is 10.5. The van der Waals surface area contributed by atoms with E-state index < -0.39 is 5.60 Å². The van der Waals surface area contributed by atoms with Crippen LogP contribution in [-0.4, -0.2) is 55.5 Å². The zero-order valence-electron chi connectivity index (χ0n) is 11.8. The third-order valence-corrected chi connectivity index (χ3v) is 2.65. The summed E-state index contributed by atoms with van der Waals surface area (Å²) in [6.07, 6.45) is -0.243. The molecule has 118 valence electrons. The molecular weight excluding hydrogens is 339 g/mol. The van der Waals surface area contributed by atoms with Crippen molar-refractivity contribution in [1.29, 1.82) is 0 Å². The van der Waals surface area contributed by atoms with E-state index in [1.165, 1.54) is 0 Å². The van der Waals surface area contributed by atoms with Crippen molar-refractivity contribution in [2.24, 2.45) is 0 Å². The predicted octanol–water partition coefficient (Wildman–Crippen LogP) is 1.86. The summed E-state index contributed by atoms with van der Waals surface area (Å²) in [6, 6.07) is 0.335. The summed E-state index contributed by atoms with van der Waals surface area (Å²) in [5, 5.41) is 3.34. The standard InChI is InChI=1S/C12H24N2O3.CH4.Pd/c1-9-6-13-10(8-16-5)7-14(9)11(15)17-12(2,3)4;;/h9-10,13H,6-8H2,1-5H3;1H4;/t9-,10-;;/m1../s1. The van der Waals surface area contributed by atoms with Crippen LogP contribution >= 0.6 is 0 Å². The van der Waals surface area contributed by atoms with Gasteiger partial charge in [-0.2, -0.15) is 0 Å². The van der Waals surface area contributed by atoms with E-state index in [0.29, 0.717) is 13.2 Å². The van der Waals surface area contributed by atoms with Gasteiger partial charge in [-0.05, 0) is 27.7 Å². The van der Waals surface area contributed by atoms with Crippen LogP contribution in [0.1, 0.15) is 35.1 Å². The molecule has 1 aliphatic rings. The molecule has 0 spiro atoms. The molecule has 1 aliphatic heterocycles. The summed E-state index contributed by atoms with van der Waals surface area (Å²) >= 11 is 0. The van der Waals surface area contributed by atoms with Gasteiger partial charge in [0.2, 0.25) is 0 Å². The first kappa shape index (κ1) is 21.2. The fourth-order valence-electron chi connectivity index (χ4n) is 1.82. The van der Waals surface area contributed by atoms with E-state index >= 15 is 0 Å². The second-order valence-corrected chi connectivity index (χ2v) is 5.54. The van der Waals surface area contributed by atoms with Crippen molar-refractivity contribution in [2.75, 3.05) is 26.8 Å². The number of carbonyl (C=O) groups is 1. The van der Waals surface area contributed by atoms with Crippen LogP contribution in [0.2, 0.25) is 0 Å². The van der Waals surface area contributed by atoms with Gasteiger partial charge in [-0.15, -0.1) is 0 Å². The Bertz CT molecular complexity index is 269. The number of hydrogen-bond donors (Lipinski definition) is 1. The van der Waals surface area contributed by atoms with Crippen molar-refractivity contribution in [1.82, 2.24) is 10.2 Å². The molecule has 2 atom stereocenters. The Morgan fingerprint density at radius 1 is 1.42 bits per heavy atom. The molecule has 19 heavy (non-hydrogen) atoms. The maximum atomic E-state index is 12.0. The zero-order chi connectivity index (χ0) is 13.1. The molecule has 0 aliphatic carbocycles. The second-order valence-electron chi connectivity index (χ2n) is 5.54. The molecule has 0 bridgehead atoms. The van der Waals surface area contributed by atoms with Crippen LogP contribution < -0.4 is 5.32 Å². The Morgan fingerprint density at radius 2 is 2.00 bits per heavy atom. The SMILES string of the molecule is C.COC[C@H]1CN(C(=O)OC(C)(C)C)[C@H](C)CN1.[Pd]. The van der Waals surface area contributed by atoms with Crippen molar-refractivity contribution < 1.29 is 34.7 Å².